The molecule has 1 saturated heterocycles. The number of hydrogen-bond acceptors (Lipinski definition) is 4. The monoisotopic (exact) mass is 340 g/mol. The fourth-order valence-corrected chi connectivity index (χ4v) is 3.53. The number of anilines is 1. The largest absolute Gasteiger partial charge is 0.326 e. The summed E-state index contributed by atoms with van der Waals surface area (Å²) in [7, 11) is -3.85. The summed E-state index contributed by atoms with van der Waals surface area (Å²) in [4.78, 5) is 13.4. The van der Waals surface area contributed by atoms with Crippen LogP contribution < -0.4 is 5.32 Å². The second-order valence-electron chi connectivity index (χ2n) is 6.06. The van der Waals surface area contributed by atoms with Gasteiger partial charge in [0.25, 0.3) is 10.1 Å². The van der Waals surface area contributed by atoms with E-state index in [9.17, 15) is 13.2 Å². The summed E-state index contributed by atoms with van der Waals surface area (Å²) in [6, 6.07) is 7.96. The zero-order chi connectivity index (χ0) is 16.9. The highest BCUT2D eigenvalue weighted by Gasteiger charge is 2.21. The van der Waals surface area contributed by atoms with Crippen molar-refractivity contribution in [3.63, 3.8) is 0 Å². The van der Waals surface area contributed by atoms with Crippen LogP contribution in [-0.4, -0.2) is 49.2 Å². The molecule has 0 aliphatic carbocycles. The Bertz CT molecular complexity index is 637. The number of nitrogens with one attached hydrogen (secondary N) is 1. The highest BCUT2D eigenvalue weighted by atomic mass is 32.2. The predicted octanol–water partition coefficient (Wildman–Crippen LogP) is 2.10. The first kappa shape index (κ1) is 17.9. The van der Waals surface area contributed by atoms with Crippen molar-refractivity contribution in [2.24, 2.45) is 0 Å². The summed E-state index contributed by atoms with van der Waals surface area (Å²) in [5.74, 6) is 0.212. The molecule has 128 valence electrons. The van der Waals surface area contributed by atoms with Crippen LogP contribution in [0.5, 0.6) is 0 Å². The standard InChI is InChI=1S/C16H24N2O4S/c1-13(19)17-16-5-2-4-15(12-16)14-6-9-18(10-7-14)8-3-11-23(20,21)22/h2,4-5,12,14H,3,6-11H2,1H3,(H,17,19)(H,20,21,22). The molecule has 1 aliphatic heterocycles. The van der Waals surface area contributed by atoms with Crippen molar-refractivity contribution in [2.75, 3.05) is 30.7 Å². The van der Waals surface area contributed by atoms with Gasteiger partial charge in [-0.1, -0.05) is 12.1 Å². The van der Waals surface area contributed by atoms with Gasteiger partial charge in [0.05, 0.1) is 5.75 Å². The lowest BCUT2D eigenvalue weighted by molar-refractivity contribution is -0.114. The third-order valence-electron chi connectivity index (χ3n) is 4.14. The highest BCUT2D eigenvalue weighted by Crippen LogP contribution is 2.29. The number of amides is 1. The van der Waals surface area contributed by atoms with Gasteiger partial charge in [-0.05, 0) is 62.5 Å². The van der Waals surface area contributed by atoms with E-state index in [1.165, 1.54) is 12.5 Å². The van der Waals surface area contributed by atoms with Gasteiger partial charge in [0.15, 0.2) is 0 Å². The minimum Gasteiger partial charge on any atom is -0.326 e. The average molecular weight is 340 g/mol. The maximum absolute atomic E-state index is 11.1. The molecule has 1 fully saturated rings. The van der Waals surface area contributed by atoms with Crippen LogP contribution in [0.15, 0.2) is 24.3 Å². The number of carbonyl (C=O) groups excluding carboxylic acids is 1. The number of rotatable bonds is 6. The number of nitrogens with zero attached hydrogens (tertiary/aromatic N) is 1. The van der Waals surface area contributed by atoms with Crippen molar-refractivity contribution in [1.82, 2.24) is 4.90 Å². The molecule has 0 saturated carbocycles. The normalized spacial score (nSPS) is 17.1. The van der Waals surface area contributed by atoms with Crippen LogP contribution >= 0.6 is 0 Å². The van der Waals surface area contributed by atoms with E-state index in [1.54, 1.807) is 0 Å². The Morgan fingerprint density at radius 2 is 2.04 bits per heavy atom. The zero-order valence-corrected chi connectivity index (χ0v) is 14.2. The molecule has 0 spiro atoms. The molecule has 7 heteroatoms. The van der Waals surface area contributed by atoms with E-state index in [-0.39, 0.29) is 11.7 Å². The van der Waals surface area contributed by atoms with Crippen LogP contribution in [0.25, 0.3) is 0 Å². The van der Waals surface area contributed by atoms with Gasteiger partial charge in [-0.3, -0.25) is 9.35 Å². The molecule has 0 atom stereocenters. The highest BCUT2D eigenvalue weighted by molar-refractivity contribution is 7.85. The van der Waals surface area contributed by atoms with Crippen molar-refractivity contribution < 1.29 is 17.8 Å². The molecule has 0 aromatic heterocycles. The molecule has 0 radical (unpaired) electrons. The van der Waals surface area contributed by atoms with Crippen LogP contribution in [0.3, 0.4) is 0 Å². The number of likely N-dealkylation sites (tertiary alicyclic amines) is 1. The third kappa shape index (κ3) is 6.29. The van der Waals surface area contributed by atoms with E-state index in [0.717, 1.165) is 31.6 Å². The third-order valence-corrected chi connectivity index (χ3v) is 4.95. The fraction of sp³-hybridized carbons (Fsp3) is 0.562. The molecule has 2 rings (SSSR count). The smallest absolute Gasteiger partial charge is 0.264 e. The summed E-state index contributed by atoms with van der Waals surface area (Å²) in [6.07, 6.45) is 2.48. The van der Waals surface area contributed by atoms with Gasteiger partial charge in [0.1, 0.15) is 0 Å². The van der Waals surface area contributed by atoms with Crippen molar-refractivity contribution >= 4 is 21.7 Å². The summed E-state index contributed by atoms with van der Waals surface area (Å²) in [6.45, 7) is 4.02. The first-order valence-corrected chi connectivity index (χ1v) is 9.49. The maximum Gasteiger partial charge on any atom is 0.264 e. The maximum atomic E-state index is 11.1. The Hall–Kier alpha value is -1.44. The average Bonchev–Trinajstić information content (AvgIpc) is 2.46. The van der Waals surface area contributed by atoms with Crippen LogP contribution in [0.2, 0.25) is 0 Å². The van der Waals surface area contributed by atoms with Crippen molar-refractivity contribution in [1.29, 1.82) is 0 Å². The van der Waals surface area contributed by atoms with E-state index in [0.29, 0.717) is 18.9 Å². The quantitative estimate of drug-likeness (QED) is 0.775. The van der Waals surface area contributed by atoms with Crippen LogP contribution in [0.1, 0.15) is 37.7 Å². The molecule has 1 aliphatic rings. The minimum absolute atomic E-state index is 0.0733. The van der Waals surface area contributed by atoms with Crippen molar-refractivity contribution in [3.05, 3.63) is 29.8 Å². The number of hydrogen-bond donors (Lipinski definition) is 2. The molecule has 23 heavy (non-hydrogen) atoms. The Morgan fingerprint density at radius 3 is 2.65 bits per heavy atom. The first-order valence-electron chi connectivity index (χ1n) is 7.88. The fourth-order valence-electron chi connectivity index (χ4n) is 3.03. The molecule has 1 heterocycles. The summed E-state index contributed by atoms with van der Waals surface area (Å²) >= 11 is 0. The van der Waals surface area contributed by atoms with E-state index < -0.39 is 10.1 Å². The van der Waals surface area contributed by atoms with Crippen LogP contribution in [0, 0.1) is 0 Å². The summed E-state index contributed by atoms with van der Waals surface area (Å²) in [5, 5.41) is 2.81. The van der Waals surface area contributed by atoms with E-state index in [1.807, 2.05) is 18.2 Å². The lowest BCUT2D eigenvalue weighted by atomic mass is 9.89. The van der Waals surface area contributed by atoms with Gasteiger partial charge in [-0.25, -0.2) is 0 Å². The topological polar surface area (TPSA) is 86.7 Å². The van der Waals surface area contributed by atoms with Gasteiger partial charge in [0.2, 0.25) is 5.91 Å². The lowest BCUT2D eigenvalue weighted by Gasteiger charge is -2.32. The Labute approximate surface area is 137 Å². The van der Waals surface area contributed by atoms with Crippen LogP contribution in [0.4, 0.5) is 5.69 Å². The Kier molecular flexibility index (Phi) is 6.15. The lowest BCUT2D eigenvalue weighted by Crippen LogP contribution is -2.34. The number of carbonyl (C=O) groups is 1. The van der Waals surface area contributed by atoms with Crippen LogP contribution in [-0.2, 0) is 14.9 Å². The first-order chi connectivity index (χ1) is 10.8. The molecule has 0 bridgehead atoms. The predicted molar refractivity (Wildman–Crippen MR) is 90.2 cm³/mol. The Morgan fingerprint density at radius 1 is 1.35 bits per heavy atom. The molecule has 1 aromatic rings. The zero-order valence-electron chi connectivity index (χ0n) is 13.4. The molecule has 1 aromatic carbocycles. The van der Waals surface area contributed by atoms with E-state index >= 15 is 0 Å². The number of benzene rings is 1. The molecule has 0 unspecified atom stereocenters. The van der Waals surface area contributed by atoms with Gasteiger partial charge in [-0.2, -0.15) is 8.42 Å². The van der Waals surface area contributed by atoms with E-state index in [4.69, 9.17) is 4.55 Å². The molecular weight excluding hydrogens is 316 g/mol. The molecule has 6 nitrogen and oxygen atoms in total. The van der Waals surface area contributed by atoms with Crippen molar-refractivity contribution in [2.45, 2.75) is 32.1 Å². The Balaban J connectivity index is 1.83. The second-order valence-corrected chi connectivity index (χ2v) is 7.63. The molecule has 1 amide bonds. The molecule has 2 N–H and O–H groups in total. The summed E-state index contributed by atoms with van der Waals surface area (Å²) < 4.78 is 30.2. The molecular formula is C16H24N2O4S. The SMILES string of the molecule is CC(=O)Nc1cccc(C2CCN(CCCS(=O)(=O)O)CC2)c1. The van der Waals surface area contributed by atoms with Gasteiger partial charge < -0.3 is 10.2 Å². The van der Waals surface area contributed by atoms with Gasteiger partial charge in [-0.15, -0.1) is 0 Å². The second kappa shape index (κ2) is 7.90. The van der Waals surface area contributed by atoms with Gasteiger partial charge in [0, 0.05) is 12.6 Å². The minimum atomic E-state index is -3.85. The summed E-state index contributed by atoms with van der Waals surface area (Å²) in [5.41, 5.74) is 2.06. The van der Waals surface area contributed by atoms with E-state index in [2.05, 4.69) is 16.3 Å². The number of piperidine rings is 1. The van der Waals surface area contributed by atoms with Crippen molar-refractivity contribution in [3.8, 4) is 0 Å². The van der Waals surface area contributed by atoms with Gasteiger partial charge >= 0.3 is 0 Å².